The maximum absolute atomic E-state index is 12.2. The highest BCUT2D eigenvalue weighted by Gasteiger charge is 2.13. The molecule has 23 heavy (non-hydrogen) atoms. The van der Waals surface area contributed by atoms with Crippen molar-refractivity contribution in [1.82, 2.24) is 19.3 Å². The van der Waals surface area contributed by atoms with Crippen molar-refractivity contribution in [2.24, 2.45) is 0 Å². The molecule has 0 spiro atoms. The lowest BCUT2D eigenvalue weighted by Crippen LogP contribution is -2.15. The zero-order valence-corrected chi connectivity index (χ0v) is 13.6. The summed E-state index contributed by atoms with van der Waals surface area (Å²) < 4.78 is 4.28. The van der Waals surface area contributed by atoms with E-state index >= 15 is 0 Å². The van der Waals surface area contributed by atoms with Crippen LogP contribution in [-0.2, 0) is 6.42 Å². The molecule has 116 valence electrons. The molecule has 7 heteroatoms. The molecular weight excluding hydrogens is 310 g/mol. The normalized spacial score (nSPS) is 10.5. The highest BCUT2D eigenvalue weighted by molar-refractivity contribution is 7.09. The molecule has 0 saturated heterocycles. The number of amides is 1. The van der Waals surface area contributed by atoms with Gasteiger partial charge in [-0.25, -0.2) is 15.0 Å². The third-order valence-electron chi connectivity index (χ3n) is 3.09. The lowest BCUT2D eigenvalue weighted by Gasteiger charge is -2.02. The smallest absolute Gasteiger partial charge is 0.276 e. The fourth-order valence-corrected chi connectivity index (χ4v) is 2.73. The summed E-state index contributed by atoms with van der Waals surface area (Å²) in [6.45, 7) is 3.58. The average molecular weight is 325 g/mol. The molecule has 0 radical (unpaired) electrons. The molecular formula is C16H15N5OS. The molecule has 0 aliphatic carbocycles. The number of hydrogen-bond donors (Lipinski definition) is 1. The van der Waals surface area contributed by atoms with Gasteiger partial charge in [0, 0.05) is 23.6 Å². The molecule has 1 amide bonds. The molecule has 0 saturated carbocycles. The first-order valence-corrected chi connectivity index (χ1v) is 7.87. The molecule has 2 aromatic heterocycles. The van der Waals surface area contributed by atoms with Crippen molar-refractivity contribution in [3.05, 3.63) is 65.0 Å². The quantitative estimate of drug-likeness (QED) is 0.798. The van der Waals surface area contributed by atoms with Crippen LogP contribution >= 0.6 is 11.5 Å². The Balaban J connectivity index is 1.70. The summed E-state index contributed by atoms with van der Waals surface area (Å²) in [6, 6.07) is 11.6. The number of anilines is 1. The van der Waals surface area contributed by atoms with E-state index in [2.05, 4.69) is 24.6 Å². The molecule has 0 atom stereocenters. The Morgan fingerprint density at radius 3 is 2.65 bits per heavy atom. The minimum absolute atomic E-state index is 0.305. The molecule has 1 aromatic carbocycles. The van der Waals surface area contributed by atoms with E-state index < -0.39 is 0 Å². The first-order valence-electron chi connectivity index (χ1n) is 7.10. The van der Waals surface area contributed by atoms with Gasteiger partial charge in [0.2, 0.25) is 5.13 Å². The Hall–Kier alpha value is -2.67. The molecule has 6 nitrogen and oxygen atoms in total. The van der Waals surface area contributed by atoms with Crippen LogP contribution in [0.2, 0.25) is 0 Å². The van der Waals surface area contributed by atoms with Crippen LogP contribution < -0.4 is 5.32 Å². The summed E-state index contributed by atoms with van der Waals surface area (Å²) in [7, 11) is 0. The second-order valence-electron chi connectivity index (χ2n) is 5.07. The predicted molar refractivity (Wildman–Crippen MR) is 88.6 cm³/mol. The second-order valence-corrected chi connectivity index (χ2v) is 5.83. The van der Waals surface area contributed by atoms with Gasteiger partial charge in [0.15, 0.2) is 0 Å². The van der Waals surface area contributed by atoms with Crippen molar-refractivity contribution in [2.45, 2.75) is 20.3 Å². The number of nitrogens with one attached hydrogen (secondary N) is 1. The van der Waals surface area contributed by atoms with Crippen LogP contribution in [0.1, 0.15) is 33.4 Å². The Kier molecular flexibility index (Phi) is 4.38. The van der Waals surface area contributed by atoms with Gasteiger partial charge in [-0.05, 0) is 25.5 Å². The number of benzene rings is 1. The zero-order valence-electron chi connectivity index (χ0n) is 12.8. The maximum atomic E-state index is 12.2. The van der Waals surface area contributed by atoms with Crippen molar-refractivity contribution in [3.8, 4) is 0 Å². The first kappa shape index (κ1) is 15.2. The Labute approximate surface area is 137 Å². The lowest BCUT2D eigenvalue weighted by molar-refractivity contribution is 0.102. The minimum atomic E-state index is -0.305. The van der Waals surface area contributed by atoms with Crippen molar-refractivity contribution in [3.63, 3.8) is 0 Å². The van der Waals surface area contributed by atoms with Crippen LogP contribution in [-0.4, -0.2) is 25.2 Å². The molecule has 3 aromatic rings. The van der Waals surface area contributed by atoms with E-state index in [1.54, 1.807) is 13.0 Å². The summed E-state index contributed by atoms with van der Waals surface area (Å²) in [4.78, 5) is 24.9. The van der Waals surface area contributed by atoms with Crippen molar-refractivity contribution < 1.29 is 4.79 Å². The number of aromatic nitrogens is 4. The summed E-state index contributed by atoms with van der Waals surface area (Å²) >= 11 is 1.16. The van der Waals surface area contributed by atoms with Crippen LogP contribution in [0.4, 0.5) is 5.13 Å². The second kappa shape index (κ2) is 6.62. The van der Waals surface area contributed by atoms with E-state index in [0.717, 1.165) is 22.8 Å². The number of carbonyl (C=O) groups excluding carboxylic acids is 1. The van der Waals surface area contributed by atoms with Gasteiger partial charge in [0.1, 0.15) is 17.3 Å². The summed E-state index contributed by atoms with van der Waals surface area (Å²) in [5, 5.41) is 3.20. The Morgan fingerprint density at radius 2 is 1.91 bits per heavy atom. The SMILES string of the molecule is Cc1cc(C(=O)Nc2nc(Cc3ccccc3)ns2)nc(C)n1. The summed E-state index contributed by atoms with van der Waals surface area (Å²) in [5.74, 6) is 0.949. The van der Waals surface area contributed by atoms with Gasteiger partial charge in [-0.1, -0.05) is 30.3 Å². The lowest BCUT2D eigenvalue weighted by atomic mass is 10.1. The maximum Gasteiger partial charge on any atom is 0.276 e. The molecule has 0 aliphatic heterocycles. The van der Waals surface area contributed by atoms with Gasteiger partial charge in [-0.2, -0.15) is 4.37 Å². The predicted octanol–water partition coefficient (Wildman–Crippen LogP) is 2.79. The topological polar surface area (TPSA) is 80.7 Å². The van der Waals surface area contributed by atoms with Crippen LogP contribution in [0.3, 0.4) is 0 Å². The third-order valence-corrected chi connectivity index (χ3v) is 3.76. The standard InChI is InChI=1S/C16H15N5OS/c1-10-8-13(18-11(2)17-10)15(22)20-16-19-14(21-23-16)9-12-6-4-3-5-7-12/h3-8H,9H2,1-2H3,(H,19,20,21,22). The molecule has 0 unspecified atom stereocenters. The van der Waals surface area contributed by atoms with Gasteiger partial charge in [-0.15, -0.1) is 0 Å². The fraction of sp³-hybridized carbons (Fsp3) is 0.188. The number of rotatable bonds is 4. The summed E-state index contributed by atoms with van der Waals surface area (Å²) in [6.07, 6.45) is 0.638. The van der Waals surface area contributed by atoms with Crippen LogP contribution in [0.5, 0.6) is 0 Å². The van der Waals surface area contributed by atoms with Crippen molar-refractivity contribution in [2.75, 3.05) is 5.32 Å². The van der Waals surface area contributed by atoms with Gasteiger partial charge in [-0.3, -0.25) is 10.1 Å². The molecule has 0 aliphatic rings. The van der Waals surface area contributed by atoms with Gasteiger partial charge < -0.3 is 0 Å². The largest absolute Gasteiger partial charge is 0.295 e. The zero-order chi connectivity index (χ0) is 16.2. The molecule has 0 fully saturated rings. The highest BCUT2D eigenvalue weighted by atomic mass is 32.1. The number of hydrogen-bond acceptors (Lipinski definition) is 6. The molecule has 1 N–H and O–H groups in total. The number of aryl methyl sites for hydroxylation is 2. The first-order chi connectivity index (χ1) is 11.1. The van der Waals surface area contributed by atoms with Crippen molar-refractivity contribution in [1.29, 1.82) is 0 Å². The van der Waals surface area contributed by atoms with E-state index in [1.165, 1.54) is 0 Å². The van der Waals surface area contributed by atoms with Crippen LogP contribution in [0.25, 0.3) is 0 Å². The third kappa shape index (κ3) is 3.95. The van der Waals surface area contributed by atoms with E-state index in [9.17, 15) is 4.79 Å². The average Bonchev–Trinajstić information content (AvgIpc) is 2.94. The van der Waals surface area contributed by atoms with Gasteiger partial charge >= 0.3 is 0 Å². The van der Waals surface area contributed by atoms with Crippen LogP contribution in [0, 0.1) is 13.8 Å². The van der Waals surface area contributed by atoms with Crippen molar-refractivity contribution >= 4 is 22.6 Å². The highest BCUT2D eigenvalue weighted by Crippen LogP contribution is 2.15. The van der Waals surface area contributed by atoms with Crippen LogP contribution in [0.15, 0.2) is 36.4 Å². The molecule has 3 rings (SSSR count). The monoisotopic (exact) mass is 325 g/mol. The van der Waals surface area contributed by atoms with E-state index in [-0.39, 0.29) is 5.91 Å². The van der Waals surface area contributed by atoms with Gasteiger partial charge in [0.05, 0.1) is 0 Å². The van der Waals surface area contributed by atoms with E-state index in [1.807, 2.05) is 37.3 Å². The Bertz CT molecular complexity index is 811. The van der Waals surface area contributed by atoms with E-state index in [4.69, 9.17) is 0 Å². The molecule has 2 heterocycles. The minimum Gasteiger partial charge on any atom is -0.295 e. The Morgan fingerprint density at radius 1 is 1.13 bits per heavy atom. The van der Waals surface area contributed by atoms with E-state index in [0.29, 0.717) is 28.9 Å². The van der Waals surface area contributed by atoms with Gasteiger partial charge in [0.25, 0.3) is 5.91 Å². The number of nitrogens with zero attached hydrogens (tertiary/aromatic N) is 4. The number of carbonyl (C=O) groups is 1. The molecule has 0 bridgehead atoms. The fourth-order valence-electron chi connectivity index (χ4n) is 2.15. The summed E-state index contributed by atoms with van der Waals surface area (Å²) in [5.41, 5.74) is 2.21.